The number of imide groups is 1. The lowest BCUT2D eigenvalue weighted by Gasteiger charge is -2.14. The van der Waals surface area contributed by atoms with Crippen molar-refractivity contribution in [2.45, 2.75) is 20.3 Å². The van der Waals surface area contributed by atoms with Crippen molar-refractivity contribution in [2.24, 2.45) is 5.92 Å². The van der Waals surface area contributed by atoms with E-state index in [1.54, 1.807) is 0 Å². The first kappa shape index (κ1) is 11.6. The third kappa shape index (κ3) is 2.28. The van der Waals surface area contributed by atoms with Gasteiger partial charge in [0, 0.05) is 5.57 Å². The van der Waals surface area contributed by atoms with Gasteiger partial charge in [-0.3, -0.25) is 14.9 Å². The maximum Gasteiger partial charge on any atom is 0.254 e. The Morgan fingerprint density at radius 1 is 1.18 bits per heavy atom. The molecule has 0 radical (unpaired) electrons. The molecule has 0 bridgehead atoms. The highest BCUT2D eigenvalue weighted by molar-refractivity contribution is 6.17. The Morgan fingerprint density at radius 3 is 2.29 bits per heavy atom. The number of benzene rings is 1. The van der Waals surface area contributed by atoms with E-state index in [1.807, 2.05) is 44.2 Å². The van der Waals surface area contributed by atoms with Crippen LogP contribution in [0, 0.1) is 5.92 Å². The molecular weight excluding hydrogens is 214 g/mol. The van der Waals surface area contributed by atoms with Gasteiger partial charge in [-0.25, -0.2) is 0 Å². The molecular formula is C14H15NO2. The molecule has 1 aromatic rings. The van der Waals surface area contributed by atoms with Crippen molar-refractivity contribution < 1.29 is 9.59 Å². The van der Waals surface area contributed by atoms with Crippen LogP contribution in [-0.4, -0.2) is 11.8 Å². The molecule has 1 aromatic carbocycles. The number of nitrogens with one attached hydrogen (secondary N) is 1. The fourth-order valence-corrected chi connectivity index (χ4v) is 2.18. The highest BCUT2D eigenvalue weighted by Gasteiger charge is 2.28. The highest BCUT2D eigenvalue weighted by atomic mass is 16.2. The Balaban J connectivity index is 2.53. The van der Waals surface area contributed by atoms with Crippen molar-refractivity contribution in [1.29, 1.82) is 0 Å². The quantitative estimate of drug-likeness (QED) is 0.624. The van der Waals surface area contributed by atoms with Crippen LogP contribution in [-0.2, 0) is 9.59 Å². The zero-order chi connectivity index (χ0) is 12.4. The summed E-state index contributed by atoms with van der Waals surface area (Å²) in [6.45, 7) is 4.07. The number of carbonyl (C=O) groups excluding carboxylic acids is 2. The minimum absolute atomic E-state index is 0.196. The molecule has 17 heavy (non-hydrogen) atoms. The van der Waals surface area contributed by atoms with Crippen LogP contribution in [0.5, 0.6) is 0 Å². The van der Waals surface area contributed by atoms with Gasteiger partial charge in [-0.05, 0) is 17.1 Å². The topological polar surface area (TPSA) is 46.2 Å². The number of hydrogen-bond acceptors (Lipinski definition) is 2. The normalized spacial score (nSPS) is 18.5. The van der Waals surface area contributed by atoms with Gasteiger partial charge in [-0.15, -0.1) is 0 Å². The molecule has 2 amide bonds. The first-order chi connectivity index (χ1) is 8.09. The Kier molecular flexibility index (Phi) is 3.09. The molecule has 0 atom stereocenters. The van der Waals surface area contributed by atoms with Gasteiger partial charge in [0.15, 0.2) is 0 Å². The van der Waals surface area contributed by atoms with Gasteiger partial charge in [-0.2, -0.15) is 0 Å². The SMILES string of the molecule is CC(C)C(=C1CC(=O)NC1=O)c1ccccc1. The molecule has 1 aliphatic heterocycles. The zero-order valence-electron chi connectivity index (χ0n) is 9.99. The fraction of sp³-hybridized carbons (Fsp3) is 0.286. The molecule has 0 aliphatic carbocycles. The molecule has 2 rings (SSSR count). The van der Waals surface area contributed by atoms with Crippen LogP contribution in [0.4, 0.5) is 0 Å². The molecule has 1 heterocycles. The van der Waals surface area contributed by atoms with Crippen molar-refractivity contribution in [2.75, 3.05) is 0 Å². The lowest BCUT2D eigenvalue weighted by atomic mass is 9.90. The van der Waals surface area contributed by atoms with E-state index in [4.69, 9.17) is 0 Å². The second-order valence-electron chi connectivity index (χ2n) is 4.47. The first-order valence-electron chi connectivity index (χ1n) is 5.72. The summed E-state index contributed by atoms with van der Waals surface area (Å²) in [6, 6.07) is 9.75. The second kappa shape index (κ2) is 4.53. The van der Waals surface area contributed by atoms with Crippen molar-refractivity contribution >= 4 is 17.4 Å². The molecule has 1 fully saturated rings. The Bertz CT molecular complexity index is 486. The van der Waals surface area contributed by atoms with Crippen LogP contribution in [0.2, 0.25) is 0 Å². The molecule has 0 spiro atoms. The highest BCUT2D eigenvalue weighted by Crippen LogP contribution is 2.30. The Morgan fingerprint density at radius 2 is 1.82 bits per heavy atom. The van der Waals surface area contributed by atoms with E-state index in [1.165, 1.54) is 0 Å². The number of hydrogen-bond donors (Lipinski definition) is 1. The van der Waals surface area contributed by atoms with E-state index in [-0.39, 0.29) is 24.2 Å². The van der Waals surface area contributed by atoms with Gasteiger partial charge in [0.2, 0.25) is 5.91 Å². The average Bonchev–Trinajstić information content (AvgIpc) is 2.59. The van der Waals surface area contributed by atoms with E-state index in [2.05, 4.69) is 5.32 Å². The lowest BCUT2D eigenvalue weighted by Crippen LogP contribution is -2.20. The maximum absolute atomic E-state index is 11.7. The molecule has 0 saturated carbocycles. The molecule has 3 heteroatoms. The molecule has 0 aromatic heterocycles. The fourth-order valence-electron chi connectivity index (χ4n) is 2.18. The summed E-state index contributed by atoms with van der Waals surface area (Å²) >= 11 is 0. The Hall–Kier alpha value is -1.90. The van der Waals surface area contributed by atoms with Crippen LogP contribution >= 0.6 is 0 Å². The summed E-state index contributed by atoms with van der Waals surface area (Å²) in [5.74, 6) is -0.245. The van der Waals surface area contributed by atoms with Crippen LogP contribution in [0.3, 0.4) is 0 Å². The molecule has 1 saturated heterocycles. The maximum atomic E-state index is 11.7. The Labute approximate surface area is 101 Å². The van der Waals surface area contributed by atoms with Gasteiger partial charge >= 0.3 is 0 Å². The molecule has 88 valence electrons. The van der Waals surface area contributed by atoms with Gasteiger partial charge in [0.1, 0.15) is 0 Å². The van der Waals surface area contributed by atoms with Crippen LogP contribution in [0.1, 0.15) is 25.8 Å². The van der Waals surface area contributed by atoms with E-state index < -0.39 is 0 Å². The van der Waals surface area contributed by atoms with E-state index in [9.17, 15) is 9.59 Å². The van der Waals surface area contributed by atoms with Crippen molar-refractivity contribution in [3.05, 3.63) is 41.5 Å². The summed E-state index contributed by atoms with van der Waals surface area (Å²) < 4.78 is 0. The molecule has 3 nitrogen and oxygen atoms in total. The monoisotopic (exact) mass is 229 g/mol. The van der Waals surface area contributed by atoms with E-state index >= 15 is 0 Å². The third-order valence-corrected chi connectivity index (χ3v) is 2.85. The summed E-state index contributed by atoms with van der Waals surface area (Å²) in [4.78, 5) is 23.0. The number of amides is 2. The van der Waals surface area contributed by atoms with E-state index in [0.717, 1.165) is 11.1 Å². The smallest absolute Gasteiger partial charge is 0.254 e. The van der Waals surface area contributed by atoms with Crippen molar-refractivity contribution in [1.82, 2.24) is 5.32 Å². The standard InChI is InChI=1S/C14H15NO2/c1-9(2)13(10-6-4-3-5-7-10)11-8-12(16)15-14(11)17/h3-7,9H,8H2,1-2H3,(H,15,16,17). The molecule has 1 aliphatic rings. The predicted octanol–water partition coefficient (Wildman–Crippen LogP) is 2.14. The number of allylic oxidation sites excluding steroid dienone is 1. The van der Waals surface area contributed by atoms with Gasteiger partial charge in [0.05, 0.1) is 6.42 Å². The van der Waals surface area contributed by atoms with E-state index in [0.29, 0.717) is 5.57 Å². The van der Waals surface area contributed by atoms with Crippen LogP contribution in [0.15, 0.2) is 35.9 Å². The number of carbonyl (C=O) groups is 2. The van der Waals surface area contributed by atoms with Gasteiger partial charge in [0.25, 0.3) is 5.91 Å². The second-order valence-corrected chi connectivity index (χ2v) is 4.47. The summed E-state index contributed by atoms with van der Waals surface area (Å²) in [7, 11) is 0. The summed E-state index contributed by atoms with van der Waals surface area (Å²) in [5.41, 5.74) is 2.59. The van der Waals surface area contributed by atoms with Gasteiger partial charge in [-0.1, -0.05) is 44.2 Å². The largest absolute Gasteiger partial charge is 0.292 e. The first-order valence-corrected chi connectivity index (χ1v) is 5.72. The lowest BCUT2D eigenvalue weighted by molar-refractivity contribution is -0.124. The third-order valence-electron chi connectivity index (χ3n) is 2.85. The average molecular weight is 229 g/mol. The minimum atomic E-state index is -0.248. The van der Waals surface area contributed by atoms with Crippen molar-refractivity contribution in [3.63, 3.8) is 0 Å². The zero-order valence-corrected chi connectivity index (χ0v) is 9.99. The number of rotatable bonds is 2. The van der Waals surface area contributed by atoms with Crippen molar-refractivity contribution in [3.8, 4) is 0 Å². The minimum Gasteiger partial charge on any atom is -0.292 e. The van der Waals surface area contributed by atoms with Crippen LogP contribution in [0.25, 0.3) is 5.57 Å². The summed E-state index contributed by atoms with van der Waals surface area (Å²) in [5, 5.41) is 2.34. The molecule has 1 N–H and O–H groups in total. The molecule has 0 unspecified atom stereocenters. The predicted molar refractivity (Wildman–Crippen MR) is 66.0 cm³/mol. The van der Waals surface area contributed by atoms with Gasteiger partial charge < -0.3 is 0 Å². The van der Waals surface area contributed by atoms with Crippen LogP contribution < -0.4 is 5.32 Å². The summed E-state index contributed by atoms with van der Waals surface area (Å²) in [6.07, 6.45) is 0.196.